The summed E-state index contributed by atoms with van der Waals surface area (Å²) in [7, 11) is 0. The Bertz CT molecular complexity index is 533. The number of aromatic amines is 1. The van der Waals surface area contributed by atoms with E-state index in [2.05, 4.69) is 9.52 Å². The zero-order valence-corrected chi connectivity index (χ0v) is 7.46. The fourth-order valence-electron chi connectivity index (χ4n) is 1.18. The van der Waals surface area contributed by atoms with Gasteiger partial charge in [-0.3, -0.25) is 0 Å². The second-order valence-electron chi connectivity index (χ2n) is 2.90. The van der Waals surface area contributed by atoms with Crippen molar-refractivity contribution in [2.75, 3.05) is 0 Å². The molecule has 0 bridgehead atoms. The lowest BCUT2D eigenvalue weighted by Crippen LogP contribution is -1.96. The highest BCUT2D eigenvalue weighted by Gasteiger charge is 2.10. The van der Waals surface area contributed by atoms with Gasteiger partial charge in [-0.1, -0.05) is 12.1 Å². The topological polar surface area (TPSA) is 58.9 Å². The summed E-state index contributed by atoms with van der Waals surface area (Å²) in [4.78, 5) is 10.6. The molecule has 0 spiro atoms. The van der Waals surface area contributed by atoms with E-state index < -0.39 is 17.4 Å². The maximum atomic E-state index is 13.2. The first-order chi connectivity index (χ1) is 7.16. The summed E-state index contributed by atoms with van der Waals surface area (Å²) in [6.45, 7) is 0. The van der Waals surface area contributed by atoms with Crippen molar-refractivity contribution in [2.45, 2.75) is 6.42 Å². The summed E-state index contributed by atoms with van der Waals surface area (Å²) in [5.41, 5.74) is 0.0882. The van der Waals surface area contributed by atoms with Gasteiger partial charge in [-0.2, -0.15) is 0 Å². The fourth-order valence-corrected chi connectivity index (χ4v) is 1.18. The molecule has 1 N–H and O–H groups in total. The van der Waals surface area contributed by atoms with Crippen molar-refractivity contribution in [1.82, 2.24) is 10.2 Å². The molecule has 0 atom stereocenters. The Morgan fingerprint density at radius 2 is 2.20 bits per heavy atom. The maximum absolute atomic E-state index is 13.2. The molecule has 0 aliphatic heterocycles. The minimum absolute atomic E-state index is 0.0181. The number of nitrogens with one attached hydrogen (secondary N) is 1. The number of H-pyrrole nitrogens is 1. The van der Waals surface area contributed by atoms with Crippen LogP contribution in [0.15, 0.2) is 27.4 Å². The van der Waals surface area contributed by atoms with Crippen LogP contribution in [0.3, 0.4) is 0 Å². The minimum Gasteiger partial charge on any atom is -0.392 e. The van der Waals surface area contributed by atoms with Crippen LogP contribution in [0.5, 0.6) is 0 Å². The third-order valence-electron chi connectivity index (χ3n) is 1.86. The van der Waals surface area contributed by atoms with Crippen molar-refractivity contribution in [3.63, 3.8) is 0 Å². The lowest BCUT2D eigenvalue weighted by atomic mass is 10.1. The average Bonchev–Trinajstić information content (AvgIpc) is 2.59. The van der Waals surface area contributed by atoms with Crippen molar-refractivity contribution in [2.24, 2.45) is 0 Å². The molecule has 78 valence electrons. The van der Waals surface area contributed by atoms with Gasteiger partial charge in [0.05, 0.1) is 6.42 Å². The van der Waals surface area contributed by atoms with Gasteiger partial charge in [-0.15, -0.1) is 5.10 Å². The van der Waals surface area contributed by atoms with Crippen LogP contribution < -0.4 is 5.76 Å². The van der Waals surface area contributed by atoms with Gasteiger partial charge in [0.25, 0.3) is 0 Å². The van der Waals surface area contributed by atoms with E-state index in [0.29, 0.717) is 0 Å². The fraction of sp³-hybridized carbons (Fsp3) is 0.111. The number of hydrogen-bond donors (Lipinski definition) is 1. The molecule has 2 aromatic rings. The van der Waals surface area contributed by atoms with Crippen molar-refractivity contribution < 1.29 is 13.2 Å². The van der Waals surface area contributed by atoms with Gasteiger partial charge in [-0.25, -0.2) is 18.7 Å². The first-order valence-corrected chi connectivity index (χ1v) is 4.14. The Kier molecular flexibility index (Phi) is 2.32. The van der Waals surface area contributed by atoms with Crippen LogP contribution in [0, 0.1) is 11.6 Å². The zero-order chi connectivity index (χ0) is 10.8. The Morgan fingerprint density at radius 3 is 2.87 bits per heavy atom. The van der Waals surface area contributed by atoms with Crippen LogP contribution in [-0.4, -0.2) is 10.2 Å². The van der Waals surface area contributed by atoms with E-state index in [1.54, 1.807) is 0 Å². The standard InChI is InChI=1S/C9H6F2N2O2/c10-6-3-1-2-5(8(6)11)4-7-12-13-9(14)15-7/h1-3H,4H2,(H,13,14). The molecule has 6 heteroatoms. The van der Waals surface area contributed by atoms with Crippen molar-refractivity contribution >= 4 is 0 Å². The number of benzene rings is 1. The molecule has 0 aliphatic rings. The summed E-state index contributed by atoms with van der Waals surface area (Å²) in [5, 5.41) is 5.52. The van der Waals surface area contributed by atoms with E-state index in [1.165, 1.54) is 12.1 Å². The van der Waals surface area contributed by atoms with Crippen LogP contribution in [-0.2, 0) is 6.42 Å². The van der Waals surface area contributed by atoms with Gasteiger partial charge in [0.15, 0.2) is 11.6 Å². The molecule has 1 aromatic carbocycles. The van der Waals surface area contributed by atoms with Crippen LogP contribution in [0.1, 0.15) is 11.5 Å². The van der Waals surface area contributed by atoms with Crippen LogP contribution in [0.4, 0.5) is 8.78 Å². The Hall–Kier alpha value is -1.98. The minimum atomic E-state index is -0.955. The van der Waals surface area contributed by atoms with E-state index in [0.717, 1.165) is 6.07 Å². The maximum Gasteiger partial charge on any atom is 0.434 e. The lowest BCUT2D eigenvalue weighted by molar-refractivity contribution is 0.461. The second-order valence-corrected chi connectivity index (χ2v) is 2.90. The van der Waals surface area contributed by atoms with E-state index in [4.69, 9.17) is 0 Å². The van der Waals surface area contributed by atoms with Gasteiger partial charge >= 0.3 is 5.76 Å². The SMILES string of the molecule is O=c1[nH]nc(Cc2cccc(F)c2F)o1. The number of halogens is 2. The normalized spacial score (nSPS) is 10.5. The zero-order valence-electron chi connectivity index (χ0n) is 7.46. The molecular weight excluding hydrogens is 206 g/mol. The van der Waals surface area contributed by atoms with Gasteiger partial charge < -0.3 is 4.42 Å². The molecule has 0 radical (unpaired) electrons. The summed E-state index contributed by atoms with van der Waals surface area (Å²) >= 11 is 0. The van der Waals surface area contributed by atoms with E-state index >= 15 is 0 Å². The van der Waals surface area contributed by atoms with Crippen molar-refractivity contribution in [1.29, 1.82) is 0 Å². The molecular formula is C9H6F2N2O2. The quantitative estimate of drug-likeness (QED) is 0.814. The van der Waals surface area contributed by atoms with Crippen molar-refractivity contribution in [3.05, 3.63) is 51.8 Å². The first-order valence-electron chi connectivity index (χ1n) is 4.14. The van der Waals surface area contributed by atoms with Gasteiger partial charge in [-0.05, 0) is 6.07 Å². The predicted octanol–water partition coefficient (Wildman–Crippen LogP) is 1.23. The summed E-state index contributed by atoms with van der Waals surface area (Å²) in [6, 6.07) is 3.78. The van der Waals surface area contributed by atoms with Gasteiger partial charge in [0.2, 0.25) is 5.89 Å². The Balaban J connectivity index is 2.32. The van der Waals surface area contributed by atoms with Gasteiger partial charge in [0, 0.05) is 5.56 Å². The molecule has 4 nitrogen and oxygen atoms in total. The van der Waals surface area contributed by atoms with Gasteiger partial charge in [0.1, 0.15) is 0 Å². The number of rotatable bonds is 2. The molecule has 2 rings (SSSR count). The molecule has 1 heterocycles. The Labute approximate surface area is 82.5 Å². The number of hydrogen-bond acceptors (Lipinski definition) is 3. The summed E-state index contributed by atoms with van der Waals surface area (Å²) in [6.07, 6.45) is -0.0671. The molecule has 0 aliphatic carbocycles. The summed E-state index contributed by atoms with van der Waals surface area (Å²) in [5.74, 6) is -2.60. The third kappa shape index (κ3) is 1.93. The second kappa shape index (κ2) is 3.64. The highest BCUT2D eigenvalue weighted by Crippen LogP contribution is 2.13. The molecule has 0 saturated carbocycles. The van der Waals surface area contributed by atoms with Crippen LogP contribution >= 0.6 is 0 Å². The molecule has 0 amide bonds. The molecule has 15 heavy (non-hydrogen) atoms. The smallest absolute Gasteiger partial charge is 0.392 e. The highest BCUT2D eigenvalue weighted by atomic mass is 19.2. The first kappa shape index (κ1) is 9.57. The van der Waals surface area contributed by atoms with E-state index in [1.807, 2.05) is 5.10 Å². The summed E-state index contributed by atoms with van der Waals surface area (Å²) < 4.78 is 30.5. The largest absolute Gasteiger partial charge is 0.434 e. The third-order valence-corrected chi connectivity index (χ3v) is 1.86. The van der Waals surface area contributed by atoms with Crippen molar-refractivity contribution in [3.8, 4) is 0 Å². The van der Waals surface area contributed by atoms with E-state index in [9.17, 15) is 13.6 Å². The van der Waals surface area contributed by atoms with E-state index in [-0.39, 0.29) is 17.9 Å². The van der Waals surface area contributed by atoms with Crippen LogP contribution in [0.25, 0.3) is 0 Å². The average molecular weight is 212 g/mol. The molecule has 0 saturated heterocycles. The molecule has 0 unspecified atom stereocenters. The van der Waals surface area contributed by atoms with Crippen LogP contribution in [0.2, 0.25) is 0 Å². The monoisotopic (exact) mass is 212 g/mol. The molecule has 1 aromatic heterocycles. The highest BCUT2D eigenvalue weighted by molar-refractivity contribution is 5.21. The number of aromatic nitrogens is 2. The number of nitrogens with zero attached hydrogens (tertiary/aromatic N) is 1. The lowest BCUT2D eigenvalue weighted by Gasteiger charge is -1.99. The predicted molar refractivity (Wildman–Crippen MR) is 46.3 cm³/mol. The molecule has 0 fully saturated rings. The Morgan fingerprint density at radius 1 is 1.40 bits per heavy atom.